The lowest BCUT2D eigenvalue weighted by atomic mass is 9.89. The van der Waals surface area contributed by atoms with E-state index in [0.29, 0.717) is 5.95 Å². The predicted molar refractivity (Wildman–Crippen MR) is 220 cm³/mol. The van der Waals surface area contributed by atoms with Gasteiger partial charge in [-0.2, -0.15) is 0 Å². The minimum atomic E-state index is 0.690. The third-order valence-corrected chi connectivity index (χ3v) is 13.0. The molecule has 11 rings (SSSR count). The number of thiophene rings is 2. The molecule has 11 aromatic rings. The molecule has 0 saturated carbocycles. The minimum Gasteiger partial charge on any atom is -0.277 e. The van der Waals surface area contributed by atoms with E-state index in [4.69, 9.17) is 9.97 Å². The van der Waals surface area contributed by atoms with Crippen molar-refractivity contribution in [2.24, 2.45) is 0 Å². The van der Waals surface area contributed by atoms with Gasteiger partial charge < -0.3 is 0 Å². The Morgan fingerprint density at radius 1 is 0.490 bits per heavy atom. The molecule has 0 radical (unpaired) electrons. The fourth-order valence-electron chi connectivity index (χ4n) is 8.28. The van der Waals surface area contributed by atoms with Crippen molar-refractivity contribution >= 4 is 95.7 Å². The number of fused-ring (bicyclic) bond motifs is 11. The van der Waals surface area contributed by atoms with Crippen molar-refractivity contribution < 1.29 is 0 Å². The molecule has 0 amide bonds. The highest BCUT2D eigenvalue weighted by molar-refractivity contribution is 7.27. The van der Waals surface area contributed by atoms with Crippen LogP contribution in [0.15, 0.2) is 140 Å². The van der Waals surface area contributed by atoms with Crippen LogP contribution in [-0.4, -0.2) is 14.5 Å². The predicted octanol–water partition coefficient (Wildman–Crippen LogP) is 13.4. The summed E-state index contributed by atoms with van der Waals surface area (Å²) in [7, 11) is 0. The SMILES string of the molecule is Cc1ccccc1-c1c(C)c2ccccc2c2c3ccccc3n(-c3nc(-c4cccc5c4sc4ccccc45)c4sc5ccccc5c4n3)c12. The van der Waals surface area contributed by atoms with E-state index in [9.17, 15) is 0 Å². The Morgan fingerprint density at radius 3 is 1.92 bits per heavy atom. The van der Waals surface area contributed by atoms with Gasteiger partial charge in [0.05, 0.1) is 26.9 Å². The van der Waals surface area contributed by atoms with Gasteiger partial charge in [0, 0.05) is 52.2 Å². The van der Waals surface area contributed by atoms with E-state index in [1.807, 2.05) is 11.3 Å². The molecule has 0 spiro atoms. The van der Waals surface area contributed by atoms with Crippen LogP contribution in [0.25, 0.3) is 101 Å². The lowest BCUT2D eigenvalue weighted by molar-refractivity contribution is 1.02. The van der Waals surface area contributed by atoms with E-state index in [1.54, 1.807) is 11.3 Å². The van der Waals surface area contributed by atoms with Gasteiger partial charge in [-0.3, -0.25) is 4.57 Å². The van der Waals surface area contributed by atoms with Crippen LogP contribution in [0.1, 0.15) is 11.1 Å². The fraction of sp³-hybridized carbons (Fsp3) is 0.0435. The van der Waals surface area contributed by atoms with Crippen molar-refractivity contribution in [3.8, 4) is 28.3 Å². The molecule has 240 valence electrons. The number of nitrogens with zero attached hydrogens (tertiary/aromatic N) is 3. The van der Waals surface area contributed by atoms with Gasteiger partial charge in [0.2, 0.25) is 5.95 Å². The van der Waals surface area contributed by atoms with Gasteiger partial charge in [0.25, 0.3) is 0 Å². The van der Waals surface area contributed by atoms with Crippen molar-refractivity contribution in [2.45, 2.75) is 13.8 Å². The molecule has 5 heteroatoms. The van der Waals surface area contributed by atoms with Crippen LogP contribution in [0, 0.1) is 13.8 Å². The average molecular weight is 688 g/mol. The van der Waals surface area contributed by atoms with Crippen LogP contribution in [0.5, 0.6) is 0 Å². The van der Waals surface area contributed by atoms with Crippen LogP contribution >= 0.6 is 22.7 Å². The maximum absolute atomic E-state index is 5.67. The lowest BCUT2D eigenvalue weighted by Gasteiger charge is -2.18. The molecule has 0 atom stereocenters. The summed E-state index contributed by atoms with van der Waals surface area (Å²) < 4.78 is 7.23. The number of aromatic nitrogens is 3. The Hall–Kier alpha value is -5.88. The molecule has 51 heavy (non-hydrogen) atoms. The molecule has 4 aromatic heterocycles. The minimum absolute atomic E-state index is 0.690. The Balaban J connectivity index is 1.35. The number of hydrogen-bond donors (Lipinski definition) is 0. The first-order valence-corrected chi connectivity index (χ1v) is 18.9. The lowest BCUT2D eigenvalue weighted by Crippen LogP contribution is -2.04. The number of benzene rings is 7. The molecular weight excluding hydrogens is 659 g/mol. The number of hydrogen-bond acceptors (Lipinski definition) is 4. The van der Waals surface area contributed by atoms with Crippen molar-refractivity contribution in [3.63, 3.8) is 0 Å². The van der Waals surface area contributed by atoms with Gasteiger partial charge in [0.1, 0.15) is 0 Å². The summed E-state index contributed by atoms with van der Waals surface area (Å²) in [4.78, 5) is 11.2. The zero-order valence-corrected chi connectivity index (χ0v) is 29.6. The first-order chi connectivity index (χ1) is 25.2. The molecule has 4 heterocycles. The van der Waals surface area contributed by atoms with Crippen molar-refractivity contribution in [1.82, 2.24) is 14.5 Å². The van der Waals surface area contributed by atoms with E-state index in [1.165, 1.54) is 68.7 Å². The van der Waals surface area contributed by atoms with Crippen LogP contribution in [0.4, 0.5) is 0 Å². The summed E-state index contributed by atoms with van der Waals surface area (Å²) in [5.74, 6) is 0.690. The second-order valence-electron chi connectivity index (χ2n) is 13.4. The average Bonchev–Trinajstić information content (AvgIpc) is 3.85. The second-order valence-corrected chi connectivity index (χ2v) is 15.5. The highest BCUT2D eigenvalue weighted by atomic mass is 32.1. The quantitative estimate of drug-likeness (QED) is 0.185. The molecule has 0 saturated heterocycles. The number of rotatable bonds is 3. The molecule has 0 bridgehead atoms. The second kappa shape index (κ2) is 10.8. The highest BCUT2D eigenvalue weighted by Gasteiger charge is 2.26. The topological polar surface area (TPSA) is 30.7 Å². The zero-order chi connectivity index (χ0) is 33.8. The number of aryl methyl sites for hydroxylation is 2. The van der Waals surface area contributed by atoms with E-state index < -0.39 is 0 Å². The monoisotopic (exact) mass is 687 g/mol. The van der Waals surface area contributed by atoms with Gasteiger partial charge in [-0.05, 0) is 59.5 Å². The van der Waals surface area contributed by atoms with E-state index >= 15 is 0 Å². The third kappa shape index (κ3) is 4.04. The van der Waals surface area contributed by atoms with Gasteiger partial charge in [-0.15, -0.1) is 22.7 Å². The zero-order valence-electron chi connectivity index (χ0n) is 27.9. The normalized spacial score (nSPS) is 12.1. The summed E-state index contributed by atoms with van der Waals surface area (Å²) >= 11 is 3.64. The molecule has 0 fully saturated rings. The Labute approximate surface area is 301 Å². The molecule has 7 aromatic carbocycles. The van der Waals surface area contributed by atoms with Crippen molar-refractivity contribution in [2.75, 3.05) is 0 Å². The summed E-state index contributed by atoms with van der Waals surface area (Å²) in [5, 5.41) is 8.66. The van der Waals surface area contributed by atoms with Crippen LogP contribution < -0.4 is 0 Å². The smallest absolute Gasteiger partial charge is 0.235 e. The van der Waals surface area contributed by atoms with Crippen molar-refractivity contribution in [3.05, 3.63) is 151 Å². The molecule has 0 aliphatic rings. The summed E-state index contributed by atoms with van der Waals surface area (Å²) in [6.45, 7) is 4.49. The summed E-state index contributed by atoms with van der Waals surface area (Å²) in [6, 6.07) is 50.4. The summed E-state index contributed by atoms with van der Waals surface area (Å²) in [6.07, 6.45) is 0. The molecule has 0 aliphatic carbocycles. The van der Waals surface area contributed by atoms with E-state index in [-0.39, 0.29) is 0 Å². The van der Waals surface area contributed by atoms with Crippen LogP contribution in [0.3, 0.4) is 0 Å². The van der Waals surface area contributed by atoms with Gasteiger partial charge >= 0.3 is 0 Å². The molecule has 0 aliphatic heterocycles. The largest absolute Gasteiger partial charge is 0.277 e. The first kappa shape index (κ1) is 28.9. The number of para-hydroxylation sites is 1. The van der Waals surface area contributed by atoms with Crippen molar-refractivity contribution in [1.29, 1.82) is 0 Å². The Kier molecular flexibility index (Phi) is 6.13. The van der Waals surface area contributed by atoms with Gasteiger partial charge in [0.15, 0.2) is 0 Å². The molecular formula is C46H29N3S2. The molecule has 0 unspecified atom stereocenters. The van der Waals surface area contributed by atoms with Gasteiger partial charge in [-0.1, -0.05) is 121 Å². The third-order valence-electron chi connectivity index (χ3n) is 10.6. The van der Waals surface area contributed by atoms with Crippen LogP contribution in [-0.2, 0) is 0 Å². The molecule has 3 nitrogen and oxygen atoms in total. The molecule has 0 N–H and O–H groups in total. The maximum atomic E-state index is 5.67. The van der Waals surface area contributed by atoms with E-state index in [2.05, 4.69) is 158 Å². The first-order valence-electron chi connectivity index (χ1n) is 17.3. The van der Waals surface area contributed by atoms with E-state index in [0.717, 1.165) is 37.9 Å². The fourth-order valence-corrected chi connectivity index (χ4v) is 10.6. The van der Waals surface area contributed by atoms with Crippen LogP contribution in [0.2, 0.25) is 0 Å². The summed E-state index contributed by atoms with van der Waals surface area (Å²) in [5.41, 5.74) is 10.3. The standard InChI is InChI=1S/C46H29N3S2/c1-26-14-3-4-15-28(26)39-27(2)29-16-5-6-18-31(29)40-33-19-7-10-23-36(33)49(43(39)40)46-47-41-34-20-9-12-25-38(34)51-45(41)42(48-46)35-22-13-21-32-30-17-8-11-24-37(30)50-44(32)35/h3-25H,1-2H3. The Morgan fingerprint density at radius 2 is 1.10 bits per heavy atom. The Bertz CT molecular complexity index is 3230. The van der Waals surface area contributed by atoms with Gasteiger partial charge in [-0.25, -0.2) is 9.97 Å². The maximum Gasteiger partial charge on any atom is 0.235 e. The highest BCUT2D eigenvalue weighted by Crippen LogP contribution is 2.47.